The van der Waals surface area contributed by atoms with Crippen LogP contribution in [-0.4, -0.2) is 35.6 Å². The number of aromatic hydroxyl groups is 1. The first-order valence-electron chi connectivity index (χ1n) is 8.11. The van der Waals surface area contributed by atoms with E-state index in [4.69, 9.17) is 0 Å². The Labute approximate surface area is 154 Å². The maximum absolute atomic E-state index is 13.0. The standard InChI is InChI=1S/C18H15N3O5S/c22-10-9-21-13-7-3-1-5-11(13)16(23)15(18(21)24)17-19-12-6-2-4-8-14(12)27(25,26)20-17/h1-8,22-23H,9-10H2,(H,19,20). The van der Waals surface area contributed by atoms with Crippen molar-refractivity contribution in [3.8, 4) is 5.75 Å². The second kappa shape index (κ2) is 6.22. The number of benzene rings is 2. The average Bonchev–Trinajstić information content (AvgIpc) is 2.65. The van der Waals surface area contributed by atoms with Gasteiger partial charge in [-0.2, -0.15) is 8.42 Å². The molecule has 0 spiro atoms. The minimum atomic E-state index is -4.03. The van der Waals surface area contributed by atoms with E-state index in [-0.39, 0.29) is 40.9 Å². The van der Waals surface area contributed by atoms with Crippen molar-refractivity contribution in [2.75, 3.05) is 11.9 Å². The van der Waals surface area contributed by atoms with Gasteiger partial charge >= 0.3 is 0 Å². The Bertz CT molecular complexity index is 1260. The number of fused-ring (bicyclic) bond motifs is 2. The first-order chi connectivity index (χ1) is 12.9. The summed E-state index contributed by atoms with van der Waals surface area (Å²) in [5, 5.41) is 23.2. The van der Waals surface area contributed by atoms with Crippen LogP contribution >= 0.6 is 0 Å². The number of nitrogens with one attached hydrogen (secondary N) is 1. The Morgan fingerprint density at radius 1 is 1.07 bits per heavy atom. The molecule has 8 nitrogen and oxygen atoms in total. The van der Waals surface area contributed by atoms with Crippen LogP contribution in [0.15, 0.2) is 62.6 Å². The molecule has 0 saturated carbocycles. The Morgan fingerprint density at radius 3 is 2.56 bits per heavy atom. The first kappa shape index (κ1) is 17.3. The van der Waals surface area contributed by atoms with E-state index in [0.29, 0.717) is 10.9 Å². The number of nitrogens with zero attached hydrogens (tertiary/aromatic N) is 2. The molecule has 0 radical (unpaired) electrons. The summed E-state index contributed by atoms with van der Waals surface area (Å²) in [4.78, 5) is 13.0. The van der Waals surface area contributed by atoms with Crippen LogP contribution in [0.5, 0.6) is 5.75 Å². The van der Waals surface area contributed by atoms with E-state index in [1.165, 1.54) is 10.6 Å². The van der Waals surface area contributed by atoms with Gasteiger partial charge in [-0.1, -0.05) is 24.3 Å². The van der Waals surface area contributed by atoms with Crippen molar-refractivity contribution in [2.24, 2.45) is 4.40 Å². The lowest BCUT2D eigenvalue weighted by Gasteiger charge is -2.20. The topological polar surface area (TPSA) is 121 Å². The molecule has 1 aliphatic rings. The van der Waals surface area contributed by atoms with Crippen molar-refractivity contribution in [3.63, 3.8) is 0 Å². The fraction of sp³-hybridized carbons (Fsp3) is 0.111. The maximum atomic E-state index is 13.0. The van der Waals surface area contributed by atoms with E-state index in [0.717, 1.165) is 0 Å². The molecule has 1 aromatic heterocycles. The summed E-state index contributed by atoms with van der Waals surface area (Å²) in [5.74, 6) is -0.626. The highest BCUT2D eigenvalue weighted by atomic mass is 32.2. The second-order valence-corrected chi connectivity index (χ2v) is 7.53. The van der Waals surface area contributed by atoms with Gasteiger partial charge in [-0.25, -0.2) is 0 Å². The lowest BCUT2D eigenvalue weighted by Crippen LogP contribution is -2.33. The third-order valence-electron chi connectivity index (χ3n) is 4.34. The molecule has 0 aliphatic carbocycles. The highest BCUT2D eigenvalue weighted by molar-refractivity contribution is 7.90. The molecule has 0 unspecified atom stereocenters. The zero-order chi connectivity index (χ0) is 19.2. The second-order valence-electron chi connectivity index (χ2n) is 5.96. The van der Waals surface area contributed by atoms with Gasteiger partial charge in [0.05, 0.1) is 17.8 Å². The number of pyridine rings is 1. The van der Waals surface area contributed by atoms with Gasteiger partial charge in [-0.15, -0.1) is 4.40 Å². The summed E-state index contributed by atoms with van der Waals surface area (Å²) < 4.78 is 30.0. The van der Waals surface area contributed by atoms with Crippen molar-refractivity contribution in [1.82, 2.24) is 4.57 Å². The van der Waals surface area contributed by atoms with Crippen molar-refractivity contribution in [1.29, 1.82) is 0 Å². The summed E-state index contributed by atoms with van der Waals surface area (Å²) in [6.07, 6.45) is 0. The molecule has 0 bridgehead atoms. The minimum Gasteiger partial charge on any atom is -0.506 e. The Kier molecular flexibility index (Phi) is 3.97. The number of hydrogen-bond donors (Lipinski definition) is 3. The van der Waals surface area contributed by atoms with Crippen molar-refractivity contribution < 1.29 is 18.6 Å². The van der Waals surface area contributed by atoms with Gasteiger partial charge in [0.1, 0.15) is 16.2 Å². The lowest BCUT2D eigenvalue weighted by atomic mass is 10.1. The predicted molar refractivity (Wildman–Crippen MR) is 101 cm³/mol. The molecule has 0 saturated heterocycles. The van der Waals surface area contributed by atoms with Crippen LogP contribution in [0.1, 0.15) is 5.56 Å². The van der Waals surface area contributed by atoms with Crippen LogP contribution in [0, 0.1) is 0 Å². The summed E-state index contributed by atoms with van der Waals surface area (Å²) in [7, 11) is -4.03. The molecule has 0 fully saturated rings. The number of amidine groups is 1. The molecule has 4 rings (SSSR count). The molecule has 138 valence electrons. The number of sulfonamides is 1. The number of aliphatic hydroxyl groups is 1. The fourth-order valence-electron chi connectivity index (χ4n) is 3.15. The van der Waals surface area contributed by atoms with E-state index < -0.39 is 15.6 Å². The minimum absolute atomic E-state index is 0.00953. The molecule has 2 aromatic carbocycles. The Morgan fingerprint density at radius 2 is 1.78 bits per heavy atom. The van der Waals surface area contributed by atoms with E-state index in [1.807, 2.05) is 0 Å². The number of rotatable bonds is 3. The van der Waals surface area contributed by atoms with Gasteiger partial charge in [-0.3, -0.25) is 4.79 Å². The van der Waals surface area contributed by atoms with Crippen molar-refractivity contribution in [2.45, 2.75) is 11.4 Å². The molecule has 3 N–H and O–H groups in total. The molecule has 0 atom stereocenters. The third kappa shape index (κ3) is 2.68. The summed E-state index contributed by atoms with van der Waals surface area (Å²) in [5.41, 5.74) is -0.220. The zero-order valence-electron chi connectivity index (χ0n) is 14.0. The molecule has 27 heavy (non-hydrogen) atoms. The largest absolute Gasteiger partial charge is 0.506 e. The molecule has 3 aromatic rings. The fourth-order valence-corrected chi connectivity index (χ4v) is 4.27. The molecular formula is C18H15N3O5S. The van der Waals surface area contributed by atoms with Gasteiger partial charge in [0.2, 0.25) is 0 Å². The molecule has 9 heteroatoms. The van der Waals surface area contributed by atoms with Crippen LogP contribution in [0.2, 0.25) is 0 Å². The van der Waals surface area contributed by atoms with Crippen LogP contribution in [-0.2, 0) is 16.6 Å². The number of aromatic nitrogens is 1. The maximum Gasteiger partial charge on any atom is 0.286 e. The van der Waals surface area contributed by atoms with Crippen LogP contribution in [0.3, 0.4) is 0 Å². The van der Waals surface area contributed by atoms with E-state index in [9.17, 15) is 23.4 Å². The lowest BCUT2D eigenvalue weighted by molar-refractivity contribution is 0.276. The number of aliphatic hydroxyl groups excluding tert-OH is 1. The van der Waals surface area contributed by atoms with Gasteiger partial charge in [0.15, 0.2) is 5.84 Å². The summed E-state index contributed by atoms with van der Waals surface area (Å²) in [6, 6.07) is 12.8. The summed E-state index contributed by atoms with van der Waals surface area (Å²) in [6.45, 7) is -0.307. The molecule has 0 amide bonds. The first-order valence-corrected chi connectivity index (χ1v) is 9.55. The van der Waals surface area contributed by atoms with Crippen LogP contribution in [0.4, 0.5) is 5.69 Å². The smallest absolute Gasteiger partial charge is 0.286 e. The zero-order valence-corrected chi connectivity index (χ0v) is 14.8. The van der Waals surface area contributed by atoms with Crippen LogP contribution in [0.25, 0.3) is 10.9 Å². The van der Waals surface area contributed by atoms with Crippen molar-refractivity contribution in [3.05, 3.63) is 64.4 Å². The van der Waals surface area contributed by atoms with E-state index >= 15 is 0 Å². The van der Waals surface area contributed by atoms with E-state index in [1.54, 1.807) is 42.5 Å². The highest BCUT2D eigenvalue weighted by Gasteiger charge is 2.29. The van der Waals surface area contributed by atoms with Gasteiger partial charge in [0.25, 0.3) is 15.6 Å². The third-order valence-corrected chi connectivity index (χ3v) is 5.67. The van der Waals surface area contributed by atoms with Crippen molar-refractivity contribution >= 4 is 32.4 Å². The summed E-state index contributed by atoms with van der Waals surface area (Å²) >= 11 is 0. The Hall–Kier alpha value is -3.17. The monoisotopic (exact) mass is 385 g/mol. The van der Waals surface area contributed by atoms with Gasteiger partial charge in [-0.05, 0) is 24.3 Å². The predicted octanol–water partition coefficient (Wildman–Crippen LogP) is 1.26. The highest BCUT2D eigenvalue weighted by Crippen LogP contribution is 2.32. The number of para-hydroxylation sites is 2. The molecular weight excluding hydrogens is 370 g/mol. The average molecular weight is 385 g/mol. The van der Waals surface area contributed by atoms with Crippen LogP contribution < -0.4 is 10.9 Å². The number of anilines is 1. The van der Waals surface area contributed by atoms with E-state index in [2.05, 4.69) is 9.71 Å². The molecule has 1 aliphatic heterocycles. The van der Waals surface area contributed by atoms with Gasteiger partial charge in [0, 0.05) is 11.9 Å². The SMILES string of the molecule is O=c1c(C2=NS(=O)(=O)c3ccccc3N2)c(O)c2ccccc2n1CCO. The quantitative estimate of drug-likeness (QED) is 0.624. The normalized spacial score (nSPS) is 15.1. The van der Waals surface area contributed by atoms with Gasteiger partial charge < -0.3 is 20.1 Å². The molecule has 2 heterocycles. The Balaban J connectivity index is 2.04. The number of hydrogen-bond acceptors (Lipinski definition) is 6.